The van der Waals surface area contributed by atoms with Gasteiger partial charge in [-0.25, -0.2) is 4.98 Å². The van der Waals surface area contributed by atoms with Crippen LogP contribution in [0, 0.1) is 11.3 Å². The Balaban J connectivity index is 2.17. The van der Waals surface area contributed by atoms with Gasteiger partial charge in [0.1, 0.15) is 29.0 Å². The van der Waals surface area contributed by atoms with Crippen LogP contribution in [-0.2, 0) is 4.79 Å². The van der Waals surface area contributed by atoms with Crippen molar-refractivity contribution in [2.24, 2.45) is 0 Å². The molecule has 0 unspecified atom stereocenters. The summed E-state index contributed by atoms with van der Waals surface area (Å²) in [6, 6.07) is 9.95. The maximum atomic E-state index is 12.3. The van der Waals surface area contributed by atoms with E-state index >= 15 is 0 Å². The summed E-state index contributed by atoms with van der Waals surface area (Å²) in [5.74, 6) is 0.784. The van der Waals surface area contributed by atoms with Gasteiger partial charge < -0.3 is 20.1 Å². The number of halogens is 1. The molecule has 0 saturated carbocycles. The molecule has 1 aromatic carbocycles. The third kappa shape index (κ3) is 4.86. The highest BCUT2D eigenvalue weighted by Gasteiger charge is 2.13. The summed E-state index contributed by atoms with van der Waals surface area (Å²) in [7, 11) is 2.99. The maximum Gasteiger partial charge on any atom is 0.267 e. The first-order valence-electron chi connectivity index (χ1n) is 7.09. The fourth-order valence-corrected chi connectivity index (χ4v) is 2.04. The molecule has 0 bridgehead atoms. The first kappa shape index (κ1) is 18.1. The third-order valence-corrected chi connectivity index (χ3v) is 3.34. The lowest BCUT2D eigenvalue weighted by molar-refractivity contribution is -0.112. The Morgan fingerprint density at radius 2 is 2.08 bits per heavy atom. The van der Waals surface area contributed by atoms with Crippen LogP contribution in [0.4, 0.5) is 11.5 Å². The van der Waals surface area contributed by atoms with E-state index in [1.165, 1.54) is 26.6 Å². The molecule has 2 rings (SSSR count). The third-order valence-electron chi connectivity index (χ3n) is 3.11. The Hall–Kier alpha value is -3.24. The molecule has 0 atom stereocenters. The highest BCUT2D eigenvalue weighted by Crippen LogP contribution is 2.29. The molecule has 8 heteroatoms. The van der Waals surface area contributed by atoms with Crippen LogP contribution in [0.25, 0.3) is 0 Å². The first-order chi connectivity index (χ1) is 12.1. The second-order valence-electron chi connectivity index (χ2n) is 4.69. The molecule has 1 heterocycles. The van der Waals surface area contributed by atoms with Gasteiger partial charge in [0, 0.05) is 23.5 Å². The zero-order valence-corrected chi connectivity index (χ0v) is 14.3. The average Bonchev–Trinajstić information content (AvgIpc) is 2.62. The molecule has 7 nitrogen and oxygen atoms in total. The topological polar surface area (TPSA) is 96.3 Å². The van der Waals surface area contributed by atoms with Crippen LogP contribution >= 0.6 is 11.6 Å². The number of nitriles is 1. The summed E-state index contributed by atoms with van der Waals surface area (Å²) < 4.78 is 10.3. The van der Waals surface area contributed by atoms with Crippen molar-refractivity contribution in [1.29, 1.82) is 5.26 Å². The minimum atomic E-state index is -0.608. The monoisotopic (exact) mass is 358 g/mol. The van der Waals surface area contributed by atoms with E-state index in [0.717, 1.165) is 0 Å². The van der Waals surface area contributed by atoms with E-state index < -0.39 is 5.91 Å². The highest BCUT2D eigenvalue weighted by atomic mass is 35.5. The molecule has 0 spiro atoms. The minimum absolute atomic E-state index is 0.147. The molecule has 0 aliphatic heterocycles. The summed E-state index contributed by atoms with van der Waals surface area (Å²) in [4.78, 5) is 16.3. The number of nitrogens with one attached hydrogen (secondary N) is 2. The lowest BCUT2D eigenvalue weighted by Crippen LogP contribution is -2.15. The molecule has 0 fully saturated rings. The molecule has 2 N–H and O–H groups in total. The number of hydrogen-bond donors (Lipinski definition) is 2. The lowest BCUT2D eigenvalue weighted by atomic mass is 10.2. The molecule has 128 valence electrons. The normalized spacial score (nSPS) is 10.6. The van der Waals surface area contributed by atoms with Crippen LogP contribution in [0.1, 0.15) is 0 Å². The summed E-state index contributed by atoms with van der Waals surface area (Å²) in [5.41, 5.74) is 0.237. The Bertz CT molecular complexity index is 846. The fraction of sp³-hybridized carbons (Fsp3) is 0.118. The predicted molar refractivity (Wildman–Crippen MR) is 94.7 cm³/mol. The van der Waals surface area contributed by atoms with Crippen molar-refractivity contribution in [3.63, 3.8) is 0 Å². The summed E-state index contributed by atoms with van der Waals surface area (Å²) in [6.07, 6.45) is 2.76. The minimum Gasteiger partial charge on any atom is -0.497 e. The highest BCUT2D eigenvalue weighted by molar-refractivity contribution is 6.30. The van der Waals surface area contributed by atoms with E-state index in [-0.39, 0.29) is 5.57 Å². The molecule has 2 aromatic rings. The lowest BCUT2D eigenvalue weighted by Gasteiger charge is -2.11. The molecule has 0 aliphatic rings. The molecule has 0 saturated heterocycles. The van der Waals surface area contributed by atoms with Crippen LogP contribution in [-0.4, -0.2) is 25.1 Å². The van der Waals surface area contributed by atoms with E-state index in [2.05, 4.69) is 15.6 Å². The molecular formula is C17H15ClN4O3. The Morgan fingerprint density at radius 3 is 2.72 bits per heavy atom. The number of pyridine rings is 1. The number of ether oxygens (including phenoxy) is 2. The van der Waals surface area contributed by atoms with E-state index in [9.17, 15) is 10.1 Å². The SMILES string of the molecule is COc1ccc(OC)c(NC(=O)/C(C#N)=C\Nc2cc(Cl)ccn2)c1. The van der Waals surface area contributed by atoms with E-state index in [4.69, 9.17) is 21.1 Å². The average molecular weight is 359 g/mol. The van der Waals surface area contributed by atoms with Crippen LogP contribution in [0.2, 0.25) is 5.02 Å². The second kappa shape index (κ2) is 8.57. The van der Waals surface area contributed by atoms with Gasteiger partial charge >= 0.3 is 0 Å². The van der Waals surface area contributed by atoms with Crippen molar-refractivity contribution in [3.8, 4) is 17.6 Å². The zero-order chi connectivity index (χ0) is 18.2. The smallest absolute Gasteiger partial charge is 0.267 e. The zero-order valence-electron chi connectivity index (χ0n) is 13.5. The summed E-state index contributed by atoms with van der Waals surface area (Å²) in [6.45, 7) is 0. The van der Waals surface area contributed by atoms with Gasteiger partial charge in [0.05, 0.1) is 19.9 Å². The van der Waals surface area contributed by atoms with E-state index in [1.54, 1.807) is 30.3 Å². The van der Waals surface area contributed by atoms with Gasteiger partial charge in [-0.15, -0.1) is 0 Å². The van der Waals surface area contributed by atoms with Gasteiger partial charge in [0.25, 0.3) is 5.91 Å². The van der Waals surface area contributed by atoms with Crippen LogP contribution < -0.4 is 20.1 Å². The Kier molecular flexibility index (Phi) is 6.20. The number of hydrogen-bond acceptors (Lipinski definition) is 6. The number of anilines is 2. The molecule has 1 amide bonds. The van der Waals surface area contributed by atoms with Gasteiger partial charge in [-0.05, 0) is 24.3 Å². The van der Waals surface area contributed by atoms with Crippen molar-refractivity contribution in [2.45, 2.75) is 0 Å². The Morgan fingerprint density at radius 1 is 1.28 bits per heavy atom. The van der Waals surface area contributed by atoms with Gasteiger partial charge in [0.2, 0.25) is 0 Å². The summed E-state index contributed by atoms with van der Waals surface area (Å²) in [5, 5.41) is 15.1. The number of carbonyl (C=O) groups is 1. The van der Waals surface area contributed by atoms with E-state index in [1.807, 2.05) is 6.07 Å². The van der Waals surface area contributed by atoms with E-state index in [0.29, 0.717) is 28.0 Å². The predicted octanol–water partition coefficient (Wildman–Crippen LogP) is 3.21. The molecular weight excluding hydrogens is 344 g/mol. The van der Waals surface area contributed by atoms with Crippen LogP contribution in [0.3, 0.4) is 0 Å². The number of aromatic nitrogens is 1. The van der Waals surface area contributed by atoms with Gasteiger partial charge in [-0.2, -0.15) is 5.26 Å². The van der Waals surface area contributed by atoms with Crippen LogP contribution in [0.15, 0.2) is 48.3 Å². The Labute approximate surface area is 149 Å². The van der Waals surface area contributed by atoms with Gasteiger partial charge in [0.15, 0.2) is 0 Å². The number of amides is 1. The van der Waals surface area contributed by atoms with Crippen LogP contribution in [0.5, 0.6) is 11.5 Å². The number of benzene rings is 1. The maximum absolute atomic E-state index is 12.3. The standard InChI is InChI=1S/C17H15ClN4O3/c1-24-13-3-4-15(25-2)14(8-13)22-17(23)11(9-19)10-21-16-7-12(18)5-6-20-16/h3-8,10H,1-2H3,(H,20,21)(H,22,23)/b11-10-. The van der Waals surface area contributed by atoms with Crippen molar-refractivity contribution < 1.29 is 14.3 Å². The van der Waals surface area contributed by atoms with Crippen molar-refractivity contribution in [2.75, 3.05) is 24.9 Å². The summed E-state index contributed by atoms with van der Waals surface area (Å²) >= 11 is 5.86. The molecule has 0 aliphatic carbocycles. The largest absolute Gasteiger partial charge is 0.497 e. The first-order valence-corrected chi connectivity index (χ1v) is 7.47. The number of rotatable bonds is 6. The number of methoxy groups -OCH3 is 2. The molecule has 0 radical (unpaired) electrons. The second-order valence-corrected chi connectivity index (χ2v) is 5.13. The van der Waals surface area contributed by atoms with Crippen molar-refractivity contribution in [3.05, 3.63) is 53.3 Å². The van der Waals surface area contributed by atoms with Crippen molar-refractivity contribution in [1.82, 2.24) is 4.98 Å². The van der Waals surface area contributed by atoms with Gasteiger partial charge in [-0.3, -0.25) is 4.79 Å². The fourth-order valence-electron chi connectivity index (χ4n) is 1.88. The van der Waals surface area contributed by atoms with Gasteiger partial charge in [-0.1, -0.05) is 11.6 Å². The molecule has 25 heavy (non-hydrogen) atoms. The number of nitrogens with zero attached hydrogens (tertiary/aromatic N) is 2. The number of carbonyl (C=O) groups excluding carboxylic acids is 1. The molecule has 1 aromatic heterocycles. The van der Waals surface area contributed by atoms with Crippen molar-refractivity contribution >= 4 is 29.0 Å². The quantitative estimate of drug-likeness (QED) is 0.608.